The van der Waals surface area contributed by atoms with Crippen molar-refractivity contribution in [2.24, 2.45) is 5.11 Å². The number of carbonyl (C=O) groups is 1. The van der Waals surface area contributed by atoms with Crippen LogP contribution in [-0.2, 0) is 19.1 Å². The van der Waals surface area contributed by atoms with E-state index in [1.807, 2.05) is 4.91 Å². The fourth-order valence-electron chi connectivity index (χ4n) is 1.63. The van der Waals surface area contributed by atoms with Gasteiger partial charge < -0.3 is 0 Å². The number of rotatable bonds is 8. The van der Waals surface area contributed by atoms with Gasteiger partial charge in [0.15, 0.2) is 33.9 Å². The standard InChI is InChI=1S/C13H11F4N3O4S/c1-6(2)7(21)4-3-5-24-25(22,23)13-10(16)8(14)12(19-20-18)9(15)11(13)17/h1,3-5H2,2H3. The van der Waals surface area contributed by atoms with E-state index in [1.54, 1.807) is 0 Å². The maximum Gasteiger partial charge on any atom is 0.303 e. The van der Waals surface area contributed by atoms with Crippen LogP contribution >= 0.6 is 0 Å². The molecule has 0 fully saturated rings. The second kappa shape index (κ2) is 8.10. The lowest BCUT2D eigenvalue weighted by Crippen LogP contribution is -2.15. The molecule has 0 aliphatic rings. The second-order valence-electron chi connectivity index (χ2n) is 4.71. The van der Waals surface area contributed by atoms with Gasteiger partial charge >= 0.3 is 10.1 Å². The predicted octanol–water partition coefficient (Wildman–Crippen LogP) is 3.82. The molecule has 12 heteroatoms. The summed E-state index contributed by atoms with van der Waals surface area (Å²) in [6, 6.07) is 0. The molecule has 1 rings (SSSR count). The molecule has 0 saturated heterocycles. The van der Waals surface area contributed by atoms with Crippen LogP contribution in [0.4, 0.5) is 23.2 Å². The molecule has 7 nitrogen and oxygen atoms in total. The minimum absolute atomic E-state index is 0.143. The average Bonchev–Trinajstić information content (AvgIpc) is 2.53. The van der Waals surface area contributed by atoms with E-state index >= 15 is 0 Å². The summed E-state index contributed by atoms with van der Waals surface area (Å²) in [5.41, 5.74) is 6.68. The molecule has 0 atom stereocenters. The highest BCUT2D eigenvalue weighted by molar-refractivity contribution is 7.86. The number of halogens is 4. The molecule has 0 heterocycles. The fraction of sp³-hybridized carbons (Fsp3) is 0.308. The predicted molar refractivity (Wildman–Crippen MR) is 77.3 cm³/mol. The Kier molecular flexibility index (Phi) is 6.68. The van der Waals surface area contributed by atoms with Crippen LogP contribution in [0.25, 0.3) is 10.4 Å². The molecule has 136 valence electrons. The summed E-state index contributed by atoms with van der Waals surface area (Å²) in [4.78, 5) is 11.3. The van der Waals surface area contributed by atoms with E-state index in [0.717, 1.165) is 0 Å². The molecule has 0 N–H and O–H groups in total. The Morgan fingerprint density at radius 2 is 1.72 bits per heavy atom. The summed E-state index contributed by atoms with van der Waals surface area (Å²) in [7, 11) is -5.22. The third-order valence-electron chi connectivity index (χ3n) is 2.86. The van der Waals surface area contributed by atoms with Crippen molar-refractivity contribution in [3.8, 4) is 0 Å². The van der Waals surface area contributed by atoms with E-state index in [1.165, 1.54) is 6.92 Å². The summed E-state index contributed by atoms with van der Waals surface area (Å²) in [5.74, 6) is -9.33. The van der Waals surface area contributed by atoms with Crippen LogP contribution in [0.15, 0.2) is 22.2 Å². The molecule has 1 aromatic rings. The minimum Gasteiger partial charge on any atom is -0.295 e. The van der Waals surface area contributed by atoms with Gasteiger partial charge in [0.25, 0.3) is 0 Å². The Balaban J connectivity index is 3.12. The maximum absolute atomic E-state index is 13.8. The van der Waals surface area contributed by atoms with E-state index in [2.05, 4.69) is 15.9 Å². The molecular formula is C13H11F4N3O4S. The molecule has 0 aliphatic carbocycles. The summed E-state index contributed by atoms with van der Waals surface area (Å²) < 4.78 is 82.6. The Hall–Kier alpha value is -2.43. The van der Waals surface area contributed by atoms with Gasteiger partial charge in [0.2, 0.25) is 0 Å². The third kappa shape index (κ3) is 4.56. The van der Waals surface area contributed by atoms with Gasteiger partial charge in [0, 0.05) is 11.3 Å². The van der Waals surface area contributed by atoms with Gasteiger partial charge in [-0.05, 0) is 24.4 Å². The van der Waals surface area contributed by atoms with Crippen LogP contribution in [-0.4, -0.2) is 20.8 Å². The minimum atomic E-state index is -5.22. The zero-order valence-corrected chi connectivity index (χ0v) is 13.5. The van der Waals surface area contributed by atoms with Crippen molar-refractivity contribution >= 4 is 21.6 Å². The Labute approximate surface area is 139 Å². The van der Waals surface area contributed by atoms with Crippen molar-refractivity contribution in [1.29, 1.82) is 0 Å². The molecular weight excluding hydrogens is 370 g/mol. The van der Waals surface area contributed by atoms with Gasteiger partial charge in [-0.3, -0.25) is 8.98 Å². The molecule has 25 heavy (non-hydrogen) atoms. The van der Waals surface area contributed by atoms with E-state index in [0.29, 0.717) is 0 Å². The number of Topliss-reactive ketones (excluding diaryl/α,β-unsaturated/α-hetero) is 1. The van der Waals surface area contributed by atoms with Gasteiger partial charge in [0.05, 0.1) is 6.61 Å². The van der Waals surface area contributed by atoms with Crippen molar-refractivity contribution in [3.63, 3.8) is 0 Å². The molecule has 0 unspecified atom stereocenters. The highest BCUT2D eigenvalue weighted by Gasteiger charge is 2.33. The number of hydrogen-bond acceptors (Lipinski definition) is 5. The van der Waals surface area contributed by atoms with Gasteiger partial charge in [-0.1, -0.05) is 11.7 Å². The van der Waals surface area contributed by atoms with Crippen LogP contribution in [0, 0.1) is 23.3 Å². The van der Waals surface area contributed by atoms with Crippen LogP contribution in [0.1, 0.15) is 19.8 Å². The van der Waals surface area contributed by atoms with Crippen molar-refractivity contribution in [2.75, 3.05) is 6.61 Å². The zero-order chi connectivity index (χ0) is 19.4. The Morgan fingerprint density at radius 3 is 2.16 bits per heavy atom. The number of allylic oxidation sites excluding steroid dienone is 1. The molecule has 0 aromatic heterocycles. The van der Waals surface area contributed by atoms with Crippen molar-refractivity contribution in [1.82, 2.24) is 0 Å². The molecule has 0 aliphatic heterocycles. The summed E-state index contributed by atoms with van der Waals surface area (Å²) >= 11 is 0. The fourth-order valence-corrected chi connectivity index (χ4v) is 2.70. The van der Waals surface area contributed by atoms with E-state index in [4.69, 9.17) is 5.53 Å². The summed E-state index contributed by atoms with van der Waals surface area (Å²) in [6.07, 6.45) is -0.287. The number of benzene rings is 1. The average molecular weight is 381 g/mol. The van der Waals surface area contributed by atoms with E-state index in [9.17, 15) is 30.8 Å². The lowest BCUT2D eigenvalue weighted by molar-refractivity contribution is -0.115. The molecule has 1 aromatic carbocycles. The van der Waals surface area contributed by atoms with Crippen molar-refractivity contribution < 1.29 is 35.0 Å². The topological polar surface area (TPSA) is 109 Å². The highest BCUT2D eigenvalue weighted by atomic mass is 32.2. The third-order valence-corrected chi connectivity index (χ3v) is 4.19. The molecule has 0 saturated carbocycles. The van der Waals surface area contributed by atoms with Gasteiger partial charge in [-0.15, -0.1) is 0 Å². The Morgan fingerprint density at radius 1 is 1.20 bits per heavy atom. The SMILES string of the molecule is C=C(C)C(=O)CCCOS(=O)(=O)c1c(F)c(F)c(N=[N+]=[N-])c(F)c1F. The second-order valence-corrected chi connectivity index (χ2v) is 6.26. The smallest absolute Gasteiger partial charge is 0.295 e. The zero-order valence-electron chi connectivity index (χ0n) is 12.7. The van der Waals surface area contributed by atoms with Gasteiger partial charge in [0.1, 0.15) is 5.69 Å². The largest absolute Gasteiger partial charge is 0.303 e. The van der Waals surface area contributed by atoms with E-state index < -0.39 is 50.6 Å². The number of nitrogens with zero attached hydrogens (tertiary/aromatic N) is 3. The maximum atomic E-state index is 13.8. The molecule has 0 spiro atoms. The van der Waals surface area contributed by atoms with Crippen LogP contribution in [0.2, 0.25) is 0 Å². The molecule has 0 bridgehead atoms. The van der Waals surface area contributed by atoms with Crippen molar-refractivity contribution in [2.45, 2.75) is 24.7 Å². The lowest BCUT2D eigenvalue weighted by Gasteiger charge is -2.10. The highest BCUT2D eigenvalue weighted by Crippen LogP contribution is 2.33. The molecule has 0 amide bonds. The number of hydrogen-bond donors (Lipinski definition) is 0. The first-order chi connectivity index (χ1) is 11.5. The van der Waals surface area contributed by atoms with Gasteiger partial charge in [-0.25, -0.2) is 17.6 Å². The van der Waals surface area contributed by atoms with Gasteiger partial charge in [-0.2, -0.15) is 8.42 Å². The summed E-state index contributed by atoms with van der Waals surface area (Å²) in [6.45, 7) is 4.14. The molecule has 0 radical (unpaired) electrons. The first-order valence-corrected chi connectivity index (χ1v) is 7.94. The lowest BCUT2D eigenvalue weighted by atomic mass is 10.1. The number of azide groups is 1. The van der Waals surface area contributed by atoms with Crippen LogP contribution in [0.5, 0.6) is 0 Å². The monoisotopic (exact) mass is 381 g/mol. The van der Waals surface area contributed by atoms with Crippen LogP contribution < -0.4 is 0 Å². The summed E-state index contributed by atoms with van der Waals surface area (Å²) in [5, 5.41) is 2.43. The van der Waals surface area contributed by atoms with Crippen LogP contribution in [0.3, 0.4) is 0 Å². The normalized spacial score (nSPS) is 11.1. The Bertz CT molecular complexity index is 851. The first kappa shape index (κ1) is 20.6. The first-order valence-electron chi connectivity index (χ1n) is 6.53. The quantitative estimate of drug-likeness (QED) is 0.0996. The van der Waals surface area contributed by atoms with Crippen molar-refractivity contribution in [3.05, 3.63) is 45.9 Å². The number of carbonyl (C=O) groups excluding carboxylic acids is 1. The van der Waals surface area contributed by atoms with E-state index in [-0.39, 0.29) is 24.2 Å². The number of ketones is 1.